The van der Waals surface area contributed by atoms with Crippen LogP contribution in [0.25, 0.3) is 0 Å². The molecule has 2 fully saturated rings. The van der Waals surface area contributed by atoms with E-state index in [1.165, 1.54) is 17.0 Å². The summed E-state index contributed by atoms with van der Waals surface area (Å²) in [4.78, 5) is 13.9. The quantitative estimate of drug-likeness (QED) is 0.852. The Hall–Kier alpha value is -1.02. The Kier molecular flexibility index (Phi) is 6.01. The predicted octanol–water partition coefficient (Wildman–Crippen LogP) is 2.80. The van der Waals surface area contributed by atoms with Gasteiger partial charge in [-0.15, -0.1) is 12.4 Å². The number of carbonyl (C=O) groups is 1. The highest BCUT2D eigenvalue weighted by Crippen LogP contribution is 2.29. The lowest BCUT2D eigenvalue weighted by Crippen LogP contribution is -2.49. The number of halogens is 5. The molecular weight excluding hydrogens is 368 g/mol. The fourth-order valence-electron chi connectivity index (χ4n) is 2.87. The lowest BCUT2D eigenvalue weighted by Gasteiger charge is -2.34. The van der Waals surface area contributed by atoms with Gasteiger partial charge in [0, 0.05) is 13.0 Å². The van der Waals surface area contributed by atoms with Crippen LogP contribution in [0.1, 0.15) is 18.1 Å². The zero-order chi connectivity index (χ0) is 16.6. The molecule has 4 nitrogen and oxygen atoms in total. The van der Waals surface area contributed by atoms with Crippen LogP contribution in [0.15, 0.2) is 18.2 Å². The molecule has 2 saturated heterocycles. The molecule has 1 aromatic carbocycles. The summed E-state index contributed by atoms with van der Waals surface area (Å²) < 4.78 is 45.3. The molecule has 2 aliphatic heterocycles. The molecule has 0 aromatic heterocycles. The van der Waals surface area contributed by atoms with Gasteiger partial charge in [0.05, 0.1) is 30.8 Å². The summed E-state index contributed by atoms with van der Waals surface area (Å²) in [5.74, 6) is -3.74. The van der Waals surface area contributed by atoms with Gasteiger partial charge < -0.3 is 9.64 Å². The number of amides is 1. The van der Waals surface area contributed by atoms with Crippen molar-refractivity contribution in [1.82, 2.24) is 10.2 Å². The van der Waals surface area contributed by atoms with Gasteiger partial charge in [0.2, 0.25) is 5.91 Å². The van der Waals surface area contributed by atoms with E-state index in [0.29, 0.717) is 12.1 Å². The Labute approximate surface area is 148 Å². The highest BCUT2D eigenvalue weighted by molar-refractivity contribution is 6.30. The molecule has 2 heterocycles. The predicted molar refractivity (Wildman–Crippen MR) is 85.3 cm³/mol. The number of carbonyl (C=O) groups excluding carboxylic acids is 1. The van der Waals surface area contributed by atoms with Crippen LogP contribution in [0.5, 0.6) is 0 Å². The number of nitrogens with one attached hydrogen (secondary N) is 1. The summed E-state index contributed by atoms with van der Waals surface area (Å²) in [7, 11) is 0. The van der Waals surface area contributed by atoms with Gasteiger partial charge >= 0.3 is 0 Å². The first-order valence-corrected chi connectivity index (χ1v) is 7.70. The van der Waals surface area contributed by atoms with E-state index in [-0.39, 0.29) is 36.5 Å². The molecule has 0 bridgehead atoms. The summed E-state index contributed by atoms with van der Waals surface area (Å²) >= 11 is 5.76. The van der Waals surface area contributed by atoms with E-state index in [2.05, 4.69) is 5.32 Å². The second-order valence-corrected chi connectivity index (χ2v) is 6.22. The highest BCUT2D eigenvalue weighted by atomic mass is 35.5. The Bertz CT molecular complexity index is 618. The fourth-order valence-corrected chi connectivity index (χ4v) is 3.06. The van der Waals surface area contributed by atoms with Gasteiger partial charge in [-0.2, -0.15) is 0 Å². The number of morpholine rings is 1. The van der Waals surface area contributed by atoms with Crippen molar-refractivity contribution in [3.63, 3.8) is 0 Å². The van der Waals surface area contributed by atoms with Crippen molar-refractivity contribution < 1.29 is 22.7 Å². The number of nitrogens with zero attached hydrogens (tertiary/aromatic N) is 1. The van der Waals surface area contributed by atoms with Crippen LogP contribution in [0, 0.1) is 5.82 Å². The van der Waals surface area contributed by atoms with Crippen LogP contribution in [0.3, 0.4) is 0 Å². The first-order chi connectivity index (χ1) is 10.9. The lowest BCUT2D eigenvalue weighted by molar-refractivity contribution is -0.141. The smallest absolute Gasteiger partial charge is 0.262 e. The first kappa shape index (κ1) is 19.3. The van der Waals surface area contributed by atoms with Gasteiger partial charge in [0.25, 0.3) is 5.92 Å². The molecule has 24 heavy (non-hydrogen) atoms. The molecule has 2 atom stereocenters. The molecular formula is C15H17Cl2F3N2O2. The summed E-state index contributed by atoms with van der Waals surface area (Å²) in [5.41, 5.74) is 0.651. The molecule has 1 aromatic rings. The molecule has 0 spiro atoms. The Morgan fingerprint density at radius 3 is 2.79 bits per heavy atom. The molecule has 0 radical (unpaired) electrons. The van der Waals surface area contributed by atoms with Crippen LogP contribution < -0.4 is 5.32 Å². The van der Waals surface area contributed by atoms with E-state index in [4.69, 9.17) is 16.3 Å². The van der Waals surface area contributed by atoms with Crippen LogP contribution in [0.2, 0.25) is 5.02 Å². The zero-order valence-corrected chi connectivity index (χ0v) is 14.2. The summed E-state index contributed by atoms with van der Waals surface area (Å²) in [5, 5.41) is 2.54. The van der Waals surface area contributed by atoms with E-state index in [0.717, 1.165) is 0 Å². The van der Waals surface area contributed by atoms with Crippen molar-refractivity contribution in [1.29, 1.82) is 0 Å². The second-order valence-electron chi connectivity index (χ2n) is 5.81. The van der Waals surface area contributed by atoms with Crippen LogP contribution >= 0.6 is 24.0 Å². The van der Waals surface area contributed by atoms with Gasteiger partial charge in [-0.1, -0.05) is 17.7 Å². The third kappa shape index (κ3) is 4.14. The zero-order valence-electron chi connectivity index (χ0n) is 12.6. The number of alkyl halides is 2. The average molecular weight is 385 g/mol. The molecule has 0 aliphatic carbocycles. The maximum Gasteiger partial charge on any atom is 0.262 e. The van der Waals surface area contributed by atoms with Crippen molar-refractivity contribution in [2.45, 2.75) is 24.5 Å². The molecule has 2 unspecified atom stereocenters. The highest BCUT2D eigenvalue weighted by Gasteiger charge is 2.44. The first-order valence-electron chi connectivity index (χ1n) is 7.32. The van der Waals surface area contributed by atoms with Crippen LogP contribution in [-0.4, -0.2) is 49.0 Å². The molecule has 1 amide bonds. The van der Waals surface area contributed by atoms with Crippen molar-refractivity contribution in [2.75, 3.05) is 26.2 Å². The topological polar surface area (TPSA) is 41.6 Å². The molecule has 134 valence electrons. The van der Waals surface area contributed by atoms with Gasteiger partial charge in [-0.25, -0.2) is 13.2 Å². The fraction of sp³-hybridized carbons (Fsp3) is 0.533. The third-order valence-corrected chi connectivity index (χ3v) is 4.39. The largest absolute Gasteiger partial charge is 0.370 e. The molecule has 0 saturated carbocycles. The number of ether oxygens (including phenoxy) is 1. The van der Waals surface area contributed by atoms with E-state index in [9.17, 15) is 18.0 Å². The van der Waals surface area contributed by atoms with Gasteiger partial charge in [0.1, 0.15) is 11.9 Å². The maximum atomic E-state index is 13.2. The average Bonchev–Trinajstić information content (AvgIpc) is 2.89. The normalized spacial score (nSPS) is 26.1. The minimum absolute atomic E-state index is 0. The van der Waals surface area contributed by atoms with E-state index in [1.807, 2.05) is 0 Å². The standard InChI is InChI=1S/C15H16ClF3N2O2.ClH/c16-10-5-9(1-2-11(10)17)13-7-21(3-4-23-13)14(22)12-6-15(18,19)8-20-12;/h1-2,5,12-13,20H,3-4,6-8H2;1H. The Morgan fingerprint density at radius 2 is 2.17 bits per heavy atom. The van der Waals surface area contributed by atoms with Crippen molar-refractivity contribution in [2.24, 2.45) is 0 Å². The SMILES string of the molecule is Cl.O=C(C1CC(F)(F)CN1)N1CCOC(c2ccc(F)c(Cl)c2)C1. The number of hydrogen-bond donors (Lipinski definition) is 1. The Morgan fingerprint density at radius 1 is 1.42 bits per heavy atom. The van der Waals surface area contributed by atoms with Gasteiger partial charge in [-0.05, 0) is 17.7 Å². The molecule has 2 aliphatic rings. The second kappa shape index (κ2) is 7.47. The number of rotatable bonds is 2. The Balaban J connectivity index is 0.00000208. The summed E-state index contributed by atoms with van der Waals surface area (Å²) in [6.45, 7) is 0.373. The van der Waals surface area contributed by atoms with Crippen LogP contribution in [0.4, 0.5) is 13.2 Å². The third-order valence-electron chi connectivity index (χ3n) is 4.10. The van der Waals surface area contributed by atoms with E-state index >= 15 is 0 Å². The lowest BCUT2D eigenvalue weighted by atomic mass is 10.1. The van der Waals surface area contributed by atoms with Gasteiger partial charge in [-0.3, -0.25) is 10.1 Å². The molecule has 9 heteroatoms. The monoisotopic (exact) mass is 384 g/mol. The van der Waals surface area contributed by atoms with Crippen molar-refractivity contribution >= 4 is 29.9 Å². The van der Waals surface area contributed by atoms with Crippen molar-refractivity contribution in [3.05, 3.63) is 34.6 Å². The van der Waals surface area contributed by atoms with E-state index < -0.39 is 36.9 Å². The van der Waals surface area contributed by atoms with Crippen molar-refractivity contribution in [3.8, 4) is 0 Å². The summed E-state index contributed by atoms with van der Waals surface area (Å²) in [6, 6.07) is 3.36. The maximum absolute atomic E-state index is 13.2. The summed E-state index contributed by atoms with van der Waals surface area (Å²) in [6.07, 6.45) is -0.941. The van der Waals surface area contributed by atoms with E-state index in [1.54, 1.807) is 6.07 Å². The molecule has 3 rings (SSSR count). The number of benzene rings is 1. The van der Waals surface area contributed by atoms with Gasteiger partial charge in [0.15, 0.2) is 0 Å². The van der Waals surface area contributed by atoms with Crippen LogP contribution in [-0.2, 0) is 9.53 Å². The minimum atomic E-state index is -2.85. The number of hydrogen-bond acceptors (Lipinski definition) is 3. The minimum Gasteiger partial charge on any atom is -0.370 e. The molecule has 1 N–H and O–H groups in total.